The fourth-order valence-electron chi connectivity index (χ4n) is 1.84. The molecule has 7 heteroatoms. The lowest BCUT2D eigenvalue weighted by Crippen LogP contribution is -2.31. The Hall–Kier alpha value is -2.31. The number of hydrogen-bond donors (Lipinski definition) is 2. The minimum absolute atomic E-state index is 0. The van der Waals surface area contributed by atoms with Crippen LogP contribution in [0.3, 0.4) is 0 Å². The van der Waals surface area contributed by atoms with E-state index in [1.54, 1.807) is 32.5 Å². The second-order valence-corrected chi connectivity index (χ2v) is 4.56. The van der Waals surface area contributed by atoms with Gasteiger partial charge in [-0.2, -0.15) is 0 Å². The summed E-state index contributed by atoms with van der Waals surface area (Å²) < 4.78 is 11.0. The Labute approximate surface area is 141 Å². The van der Waals surface area contributed by atoms with Gasteiger partial charge in [0.2, 0.25) is 11.8 Å². The van der Waals surface area contributed by atoms with Crippen LogP contribution in [0.2, 0.25) is 0 Å². The minimum atomic E-state index is -0.0846. The third kappa shape index (κ3) is 5.77. The maximum Gasteiger partial charge on any atom is 0.234 e. The number of rotatable bonds is 7. The Morgan fingerprint density at radius 2 is 2.00 bits per heavy atom. The normalized spacial score (nSPS) is 9.65. The van der Waals surface area contributed by atoms with Crippen LogP contribution in [-0.2, 0) is 11.3 Å². The summed E-state index contributed by atoms with van der Waals surface area (Å²) in [4.78, 5) is 15.7. The van der Waals surface area contributed by atoms with Crippen molar-refractivity contribution >= 4 is 18.3 Å². The highest BCUT2D eigenvalue weighted by Gasteiger charge is 2.08. The molecule has 0 saturated carbocycles. The molecule has 0 spiro atoms. The van der Waals surface area contributed by atoms with E-state index in [-0.39, 0.29) is 24.9 Å². The number of nitrogens with zero attached hydrogens (tertiary/aromatic N) is 1. The molecule has 6 nitrogen and oxygen atoms in total. The van der Waals surface area contributed by atoms with Crippen molar-refractivity contribution in [1.82, 2.24) is 15.6 Å². The number of benzene rings is 1. The Bertz CT molecular complexity index is 637. The van der Waals surface area contributed by atoms with Gasteiger partial charge in [-0.25, -0.2) is 4.98 Å². The zero-order valence-electron chi connectivity index (χ0n) is 13.0. The summed E-state index contributed by atoms with van der Waals surface area (Å²) in [6.45, 7) is 0.625. The lowest BCUT2D eigenvalue weighted by molar-refractivity contribution is -0.120. The fraction of sp³-hybridized carbons (Fsp3) is 0.250. The van der Waals surface area contributed by atoms with Crippen molar-refractivity contribution in [3.05, 3.63) is 48.2 Å². The molecule has 0 bridgehead atoms. The van der Waals surface area contributed by atoms with Gasteiger partial charge in [0.25, 0.3) is 0 Å². The van der Waals surface area contributed by atoms with Crippen molar-refractivity contribution in [3.63, 3.8) is 0 Å². The molecule has 2 N–H and O–H groups in total. The molecule has 0 saturated heterocycles. The van der Waals surface area contributed by atoms with Crippen molar-refractivity contribution < 1.29 is 14.3 Å². The lowest BCUT2D eigenvalue weighted by atomic mass is 10.2. The highest BCUT2D eigenvalue weighted by Crippen LogP contribution is 2.25. The Balaban J connectivity index is 0.00000264. The quantitative estimate of drug-likeness (QED) is 0.810. The Morgan fingerprint density at radius 3 is 2.74 bits per heavy atom. The Morgan fingerprint density at radius 1 is 1.22 bits per heavy atom. The molecular formula is C16H20ClN3O3. The van der Waals surface area contributed by atoms with Gasteiger partial charge in [0.1, 0.15) is 11.5 Å². The van der Waals surface area contributed by atoms with E-state index in [1.165, 1.54) is 0 Å². The van der Waals surface area contributed by atoms with E-state index >= 15 is 0 Å². The number of amides is 1. The predicted molar refractivity (Wildman–Crippen MR) is 90.3 cm³/mol. The van der Waals surface area contributed by atoms with Crippen LogP contribution in [-0.4, -0.2) is 31.6 Å². The van der Waals surface area contributed by atoms with E-state index in [2.05, 4.69) is 15.6 Å². The first-order valence-corrected chi connectivity index (χ1v) is 6.90. The second kappa shape index (κ2) is 9.66. The zero-order valence-corrected chi connectivity index (χ0v) is 13.9. The number of carbonyl (C=O) groups excluding carboxylic acids is 1. The maximum atomic E-state index is 11.5. The molecule has 1 aromatic carbocycles. The summed E-state index contributed by atoms with van der Waals surface area (Å²) in [6, 6.07) is 10.9. The van der Waals surface area contributed by atoms with Crippen LogP contribution >= 0.6 is 12.4 Å². The average molecular weight is 338 g/mol. The molecule has 1 amide bonds. The largest absolute Gasteiger partial charge is 0.497 e. The minimum Gasteiger partial charge on any atom is -0.497 e. The van der Waals surface area contributed by atoms with Gasteiger partial charge in [-0.3, -0.25) is 4.79 Å². The van der Waals surface area contributed by atoms with Crippen molar-refractivity contribution in [1.29, 1.82) is 0 Å². The summed E-state index contributed by atoms with van der Waals surface area (Å²) >= 11 is 0. The van der Waals surface area contributed by atoms with Crippen LogP contribution in [0.5, 0.6) is 17.4 Å². The molecule has 0 aliphatic carbocycles. The summed E-state index contributed by atoms with van der Waals surface area (Å²) in [5, 5.41) is 5.60. The number of pyridine rings is 1. The van der Waals surface area contributed by atoms with Crippen LogP contribution < -0.4 is 20.1 Å². The molecule has 0 radical (unpaired) electrons. The SMILES string of the molecule is CNCC(=O)NCc1cccnc1Oc1cccc(OC)c1.Cl. The van der Waals surface area contributed by atoms with Gasteiger partial charge in [-0.05, 0) is 25.2 Å². The number of aromatic nitrogens is 1. The average Bonchev–Trinajstić information content (AvgIpc) is 2.54. The number of nitrogens with one attached hydrogen (secondary N) is 2. The van der Waals surface area contributed by atoms with Gasteiger partial charge >= 0.3 is 0 Å². The van der Waals surface area contributed by atoms with E-state index in [4.69, 9.17) is 9.47 Å². The standard InChI is InChI=1S/C16H19N3O3.ClH/c1-17-11-15(20)19-10-12-5-4-8-18-16(12)22-14-7-3-6-13(9-14)21-2;/h3-9,17H,10-11H2,1-2H3,(H,19,20);1H. The molecule has 0 aliphatic heterocycles. The van der Waals surface area contributed by atoms with Crippen LogP contribution in [0.25, 0.3) is 0 Å². The van der Waals surface area contributed by atoms with E-state index in [9.17, 15) is 4.79 Å². The van der Waals surface area contributed by atoms with Gasteiger partial charge in [-0.1, -0.05) is 12.1 Å². The molecule has 1 aromatic heterocycles. The number of likely N-dealkylation sites (N-methyl/N-ethyl adjacent to an activating group) is 1. The fourth-order valence-corrected chi connectivity index (χ4v) is 1.84. The highest BCUT2D eigenvalue weighted by molar-refractivity contribution is 5.85. The molecule has 124 valence electrons. The van der Waals surface area contributed by atoms with Crippen LogP contribution in [0.4, 0.5) is 0 Å². The summed E-state index contributed by atoms with van der Waals surface area (Å²) in [6.07, 6.45) is 1.65. The zero-order chi connectivity index (χ0) is 15.8. The monoisotopic (exact) mass is 337 g/mol. The molecule has 2 rings (SSSR count). The predicted octanol–water partition coefficient (Wildman–Crippen LogP) is 2.14. The van der Waals surface area contributed by atoms with Crippen molar-refractivity contribution in [3.8, 4) is 17.4 Å². The van der Waals surface area contributed by atoms with E-state index < -0.39 is 0 Å². The molecule has 0 atom stereocenters. The van der Waals surface area contributed by atoms with Gasteiger partial charge in [0, 0.05) is 24.4 Å². The first-order chi connectivity index (χ1) is 10.7. The molecule has 2 aromatic rings. The maximum absolute atomic E-state index is 11.5. The summed E-state index contributed by atoms with van der Waals surface area (Å²) in [5.74, 6) is 1.71. The number of hydrogen-bond acceptors (Lipinski definition) is 5. The van der Waals surface area contributed by atoms with E-state index in [0.717, 1.165) is 5.56 Å². The topological polar surface area (TPSA) is 72.5 Å². The first-order valence-electron chi connectivity index (χ1n) is 6.90. The third-order valence-corrected chi connectivity index (χ3v) is 2.92. The highest BCUT2D eigenvalue weighted by atomic mass is 35.5. The van der Waals surface area contributed by atoms with Crippen molar-refractivity contribution in [2.75, 3.05) is 20.7 Å². The van der Waals surface area contributed by atoms with Gasteiger partial charge < -0.3 is 20.1 Å². The molecule has 0 aliphatic rings. The first kappa shape index (κ1) is 18.7. The van der Waals surface area contributed by atoms with Crippen molar-refractivity contribution in [2.24, 2.45) is 0 Å². The number of halogens is 1. The molecule has 0 fully saturated rings. The van der Waals surface area contributed by atoms with Crippen LogP contribution in [0, 0.1) is 0 Å². The molecule has 23 heavy (non-hydrogen) atoms. The van der Waals surface area contributed by atoms with Crippen LogP contribution in [0.1, 0.15) is 5.56 Å². The molecule has 1 heterocycles. The molecule has 0 unspecified atom stereocenters. The molecular weight excluding hydrogens is 318 g/mol. The van der Waals surface area contributed by atoms with E-state index in [1.807, 2.05) is 24.3 Å². The van der Waals surface area contributed by atoms with Gasteiger partial charge in [0.15, 0.2) is 0 Å². The number of carbonyl (C=O) groups is 1. The second-order valence-electron chi connectivity index (χ2n) is 4.56. The van der Waals surface area contributed by atoms with E-state index in [0.29, 0.717) is 23.9 Å². The number of ether oxygens (including phenoxy) is 2. The smallest absolute Gasteiger partial charge is 0.234 e. The summed E-state index contributed by atoms with van der Waals surface area (Å²) in [7, 11) is 3.32. The van der Waals surface area contributed by atoms with Gasteiger partial charge in [-0.15, -0.1) is 12.4 Å². The van der Waals surface area contributed by atoms with Crippen LogP contribution in [0.15, 0.2) is 42.6 Å². The van der Waals surface area contributed by atoms with Gasteiger partial charge in [0.05, 0.1) is 13.7 Å². The Kier molecular flexibility index (Phi) is 7.87. The van der Waals surface area contributed by atoms with Crippen molar-refractivity contribution in [2.45, 2.75) is 6.54 Å². The third-order valence-electron chi connectivity index (χ3n) is 2.92. The summed E-state index contributed by atoms with van der Waals surface area (Å²) in [5.41, 5.74) is 0.801. The lowest BCUT2D eigenvalue weighted by Gasteiger charge is -2.11. The number of methoxy groups -OCH3 is 1.